The molecule has 4 heteroatoms. The molecule has 18 heavy (non-hydrogen) atoms. The molecule has 0 N–H and O–H groups in total. The summed E-state index contributed by atoms with van der Waals surface area (Å²) in [6.45, 7) is 4.25. The molecule has 1 aromatic carbocycles. The maximum atomic E-state index is 12.2. The summed E-state index contributed by atoms with van der Waals surface area (Å²) < 4.78 is 1.57. The lowest BCUT2D eigenvalue weighted by Crippen LogP contribution is -2.23. The Balaban J connectivity index is 2.34. The summed E-state index contributed by atoms with van der Waals surface area (Å²) in [6.07, 6.45) is 2.18. The van der Waals surface area contributed by atoms with E-state index in [0.29, 0.717) is 23.9 Å². The largest absolute Gasteiger partial charge is 0.299 e. The Hall–Kier alpha value is -2.15. The van der Waals surface area contributed by atoms with Crippen molar-refractivity contribution in [1.29, 1.82) is 5.26 Å². The van der Waals surface area contributed by atoms with Crippen LogP contribution in [-0.2, 0) is 6.54 Å². The quantitative estimate of drug-likeness (QED) is 0.828. The van der Waals surface area contributed by atoms with Gasteiger partial charge >= 0.3 is 0 Å². The Bertz CT molecular complexity index is 665. The monoisotopic (exact) mass is 241 g/mol. The topological polar surface area (TPSA) is 58.7 Å². The van der Waals surface area contributed by atoms with E-state index in [-0.39, 0.29) is 5.56 Å². The molecule has 0 amide bonds. The number of fused-ring (bicyclic) bond motifs is 1. The lowest BCUT2D eigenvalue weighted by molar-refractivity contribution is 0.408. The van der Waals surface area contributed by atoms with Crippen LogP contribution in [0.15, 0.2) is 35.4 Å². The van der Waals surface area contributed by atoms with Gasteiger partial charge in [-0.1, -0.05) is 12.1 Å². The van der Waals surface area contributed by atoms with Crippen LogP contribution in [0.25, 0.3) is 10.9 Å². The fourth-order valence-corrected chi connectivity index (χ4v) is 1.72. The number of nitriles is 1. The van der Waals surface area contributed by atoms with Gasteiger partial charge in [0.15, 0.2) is 0 Å². The maximum absolute atomic E-state index is 12.2. The molecule has 0 radical (unpaired) electrons. The van der Waals surface area contributed by atoms with Crippen LogP contribution in [0.1, 0.15) is 20.3 Å². The predicted molar refractivity (Wildman–Crippen MR) is 70.0 cm³/mol. The predicted octanol–water partition coefficient (Wildman–Crippen LogP) is 2.34. The van der Waals surface area contributed by atoms with Gasteiger partial charge in [-0.05, 0) is 32.4 Å². The lowest BCUT2D eigenvalue weighted by Gasteiger charge is -2.15. The Morgan fingerprint density at radius 2 is 2.11 bits per heavy atom. The molecule has 2 aromatic rings. The number of para-hydroxylation sites is 1. The second kappa shape index (κ2) is 4.61. The first-order valence-corrected chi connectivity index (χ1v) is 5.89. The number of benzene rings is 1. The van der Waals surface area contributed by atoms with E-state index in [2.05, 4.69) is 11.1 Å². The van der Waals surface area contributed by atoms with Gasteiger partial charge in [-0.2, -0.15) is 5.26 Å². The van der Waals surface area contributed by atoms with Crippen molar-refractivity contribution in [1.82, 2.24) is 9.55 Å². The van der Waals surface area contributed by atoms with Gasteiger partial charge in [0.1, 0.15) is 0 Å². The van der Waals surface area contributed by atoms with E-state index >= 15 is 0 Å². The highest BCUT2D eigenvalue weighted by molar-refractivity contribution is 5.76. The van der Waals surface area contributed by atoms with Crippen LogP contribution >= 0.6 is 0 Å². The molecule has 0 fully saturated rings. The number of rotatable bonds is 3. The van der Waals surface area contributed by atoms with Crippen molar-refractivity contribution in [3.8, 4) is 6.07 Å². The van der Waals surface area contributed by atoms with Gasteiger partial charge in [-0.3, -0.25) is 9.36 Å². The highest BCUT2D eigenvalue weighted by Crippen LogP contribution is 2.19. The molecule has 0 spiro atoms. The van der Waals surface area contributed by atoms with Crippen molar-refractivity contribution >= 4 is 10.9 Å². The van der Waals surface area contributed by atoms with Crippen LogP contribution in [0.3, 0.4) is 0 Å². The summed E-state index contributed by atoms with van der Waals surface area (Å²) in [4.78, 5) is 16.4. The number of hydrogen-bond donors (Lipinski definition) is 0. The van der Waals surface area contributed by atoms with E-state index < -0.39 is 5.41 Å². The molecule has 0 saturated heterocycles. The van der Waals surface area contributed by atoms with Crippen LogP contribution in [-0.4, -0.2) is 9.55 Å². The minimum Gasteiger partial charge on any atom is -0.299 e. The molecule has 0 aliphatic heterocycles. The number of aromatic nitrogens is 2. The fraction of sp³-hybridized carbons (Fsp3) is 0.357. The molecule has 92 valence electrons. The zero-order valence-corrected chi connectivity index (χ0v) is 10.6. The third-order valence-electron chi connectivity index (χ3n) is 3.01. The smallest absolute Gasteiger partial charge is 0.261 e. The second-order valence-corrected chi connectivity index (χ2v) is 5.01. The number of hydrogen-bond acceptors (Lipinski definition) is 3. The summed E-state index contributed by atoms with van der Waals surface area (Å²) in [5.41, 5.74) is 0.234. The Morgan fingerprint density at radius 3 is 2.83 bits per heavy atom. The summed E-state index contributed by atoms with van der Waals surface area (Å²) in [7, 11) is 0. The Kier molecular flexibility index (Phi) is 3.15. The van der Waals surface area contributed by atoms with E-state index in [1.54, 1.807) is 17.0 Å². The molecular formula is C14H15N3O. The van der Waals surface area contributed by atoms with Crippen molar-refractivity contribution in [3.63, 3.8) is 0 Å². The minimum absolute atomic E-state index is 0.0469. The van der Waals surface area contributed by atoms with Crippen molar-refractivity contribution in [2.24, 2.45) is 5.41 Å². The molecule has 0 atom stereocenters. The molecule has 0 aliphatic rings. The molecule has 0 unspecified atom stereocenters. The first-order chi connectivity index (χ1) is 8.53. The molecule has 4 nitrogen and oxygen atoms in total. The highest BCUT2D eigenvalue weighted by Gasteiger charge is 2.16. The third kappa shape index (κ3) is 2.40. The van der Waals surface area contributed by atoms with Gasteiger partial charge in [0.2, 0.25) is 0 Å². The Labute approximate surface area is 106 Å². The van der Waals surface area contributed by atoms with Crippen LogP contribution in [0, 0.1) is 16.7 Å². The van der Waals surface area contributed by atoms with Gasteiger partial charge in [0, 0.05) is 6.54 Å². The first kappa shape index (κ1) is 12.3. The van der Waals surface area contributed by atoms with Crippen molar-refractivity contribution in [3.05, 3.63) is 40.9 Å². The van der Waals surface area contributed by atoms with Gasteiger partial charge in [-0.25, -0.2) is 4.98 Å². The molecule has 0 saturated carbocycles. The van der Waals surface area contributed by atoms with E-state index in [9.17, 15) is 4.79 Å². The average molecular weight is 241 g/mol. The van der Waals surface area contributed by atoms with Gasteiger partial charge in [0.25, 0.3) is 5.56 Å². The maximum Gasteiger partial charge on any atom is 0.261 e. The molecule has 0 aliphatic carbocycles. The van der Waals surface area contributed by atoms with Crippen LogP contribution in [0.2, 0.25) is 0 Å². The first-order valence-electron chi connectivity index (χ1n) is 5.89. The van der Waals surface area contributed by atoms with E-state index in [1.807, 2.05) is 32.0 Å². The summed E-state index contributed by atoms with van der Waals surface area (Å²) >= 11 is 0. The number of aryl methyl sites for hydroxylation is 1. The van der Waals surface area contributed by atoms with Crippen molar-refractivity contribution in [2.45, 2.75) is 26.8 Å². The fourth-order valence-electron chi connectivity index (χ4n) is 1.72. The van der Waals surface area contributed by atoms with Gasteiger partial charge in [-0.15, -0.1) is 0 Å². The van der Waals surface area contributed by atoms with Gasteiger partial charge in [0.05, 0.1) is 28.7 Å². The normalized spacial score (nSPS) is 11.4. The average Bonchev–Trinajstić information content (AvgIpc) is 2.38. The van der Waals surface area contributed by atoms with Crippen LogP contribution in [0.4, 0.5) is 0 Å². The minimum atomic E-state index is -0.426. The molecular weight excluding hydrogens is 226 g/mol. The SMILES string of the molecule is CC(C)(C#N)CCn1cnc2ccccc2c1=O. The standard InChI is InChI=1S/C14H15N3O/c1-14(2,9-15)7-8-17-10-16-12-6-4-3-5-11(12)13(17)18/h3-6,10H,7-8H2,1-2H3. The second-order valence-electron chi connectivity index (χ2n) is 5.01. The zero-order chi connectivity index (χ0) is 13.2. The van der Waals surface area contributed by atoms with Crippen molar-refractivity contribution in [2.75, 3.05) is 0 Å². The van der Waals surface area contributed by atoms with E-state index in [1.165, 1.54) is 0 Å². The van der Waals surface area contributed by atoms with Gasteiger partial charge < -0.3 is 0 Å². The summed E-state index contributed by atoms with van der Waals surface area (Å²) in [5.74, 6) is 0. The van der Waals surface area contributed by atoms with Crippen LogP contribution in [0.5, 0.6) is 0 Å². The van der Waals surface area contributed by atoms with Crippen LogP contribution < -0.4 is 5.56 Å². The third-order valence-corrected chi connectivity index (χ3v) is 3.01. The van der Waals surface area contributed by atoms with E-state index in [0.717, 1.165) is 0 Å². The number of nitrogens with zero attached hydrogens (tertiary/aromatic N) is 3. The molecule has 2 rings (SSSR count). The highest BCUT2D eigenvalue weighted by atomic mass is 16.1. The zero-order valence-electron chi connectivity index (χ0n) is 10.6. The van der Waals surface area contributed by atoms with E-state index in [4.69, 9.17) is 5.26 Å². The summed E-state index contributed by atoms with van der Waals surface area (Å²) in [5, 5.41) is 9.58. The molecule has 1 aromatic heterocycles. The van der Waals surface area contributed by atoms with Crippen molar-refractivity contribution < 1.29 is 0 Å². The lowest BCUT2D eigenvalue weighted by atomic mass is 9.91. The molecule has 1 heterocycles. The Morgan fingerprint density at radius 1 is 1.39 bits per heavy atom. The summed E-state index contributed by atoms with van der Waals surface area (Å²) in [6, 6.07) is 9.51. The molecule has 0 bridgehead atoms.